The van der Waals surface area contributed by atoms with E-state index in [-0.39, 0.29) is 12.7 Å². The summed E-state index contributed by atoms with van der Waals surface area (Å²) < 4.78 is 10.7. The highest BCUT2D eigenvalue weighted by Crippen LogP contribution is 2.36. The van der Waals surface area contributed by atoms with Crippen LogP contribution in [0.3, 0.4) is 0 Å². The molecule has 1 amide bonds. The topological polar surface area (TPSA) is 63.7 Å². The third-order valence-electron chi connectivity index (χ3n) is 4.00. The van der Waals surface area contributed by atoms with Crippen molar-refractivity contribution in [1.29, 1.82) is 0 Å². The zero-order valence-corrected chi connectivity index (χ0v) is 13.6. The number of aromatic nitrogens is 1. The number of nitrogens with one attached hydrogen (secondary N) is 1. The number of fused-ring (bicyclic) bond motifs is 1. The van der Waals surface area contributed by atoms with Crippen molar-refractivity contribution in [2.75, 3.05) is 26.4 Å². The van der Waals surface area contributed by atoms with E-state index in [1.165, 1.54) is 11.3 Å². The fraction of sp³-hybridized carbons (Fsp3) is 0.375. The summed E-state index contributed by atoms with van der Waals surface area (Å²) in [4.78, 5) is 19.0. The summed E-state index contributed by atoms with van der Waals surface area (Å²) in [5.74, 6) is 1.47. The number of piperazine rings is 1. The summed E-state index contributed by atoms with van der Waals surface area (Å²) in [6, 6.07) is 6.04. The van der Waals surface area contributed by atoms with E-state index >= 15 is 0 Å². The predicted octanol–water partition coefficient (Wildman–Crippen LogP) is 1.97. The van der Waals surface area contributed by atoms with Gasteiger partial charge >= 0.3 is 0 Å². The van der Waals surface area contributed by atoms with Gasteiger partial charge in [0.2, 0.25) is 6.79 Å². The second-order valence-electron chi connectivity index (χ2n) is 5.71. The standard InChI is InChI=1S/C16H17N3O3S/c1-10-7-19(5-4-17-10)16(20)12-8-23-15(18-12)11-2-3-13-14(6-11)22-9-21-13/h2-3,6,8,10,17H,4-5,7,9H2,1H3. The van der Waals surface area contributed by atoms with E-state index in [2.05, 4.69) is 17.2 Å². The molecule has 0 saturated carbocycles. The Morgan fingerprint density at radius 2 is 2.26 bits per heavy atom. The Hall–Kier alpha value is -2.12. The van der Waals surface area contributed by atoms with E-state index in [0.717, 1.165) is 41.7 Å². The number of hydrogen-bond donors (Lipinski definition) is 1. The van der Waals surface area contributed by atoms with Gasteiger partial charge in [-0.2, -0.15) is 0 Å². The number of ether oxygens (including phenoxy) is 2. The minimum Gasteiger partial charge on any atom is -0.454 e. The first-order chi connectivity index (χ1) is 11.2. The maximum absolute atomic E-state index is 12.6. The van der Waals surface area contributed by atoms with Gasteiger partial charge in [-0.05, 0) is 25.1 Å². The molecule has 0 spiro atoms. The summed E-state index contributed by atoms with van der Waals surface area (Å²) in [6.07, 6.45) is 0. The van der Waals surface area contributed by atoms with Crippen LogP contribution in [0.15, 0.2) is 23.6 Å². The average Bonchev–Trinajstić information content (AvgIpc) is 3.22. The van der Waals surface area contributed by atoms with Crippen molar-refractivity contribution in [1.82, 2.24) is 15.2 Å². The van der Waals surface area contributed by atoms with Gasteiger partial charge in [-0.25, -0.2) is 4.98 Å². The molecule has 1 saturated heterocycles. The molecule has 1 unspecified atom stereocenters. The average molecular weight is 331 g/mol. The van der Waals surface area contributed by atoms with Crippen LogP contribution in [0.25, 0.3) is 10.6 Å². The van der Waals surface area contributed by atoms with Crippen LogP contribution in [0.5, 0.6) is 11.5 Å². The number of hydrogen-bond acceptors (Lipinski definition) is 6. The molecule has 2 aromatic rings. The molecule has 120 valence electrons. The molecule has 2 aliphatic heterocycles. The molecular weight excluding hydrogens is 314 g/mol. The van der Waals surface area contributed by atoms with E-state index in [1.807, 2.05) is 28.5 Å². The number of benzene rings is 1. The fourth-order valence-electron chi connectivity index (χ4n) is 2.81. The minimum absolute atomic E-state index is 0.00148. The lowest BCUT2D eigenvalue weighted by molar-refractivity contribution is 0.0704. The van der Waals surface area contributed by atoms with Crippen LogP contribution < -0.4 is 14.8 Å². The van der Waals surface area contributed by atoms with Gasteiger partial charge in [0.05, 0.1) is 0 Å². The molecular formula is C16H17N3O3S. The highest BCUT2D eigenvalue weighted by Gasteiger charge is 2.24. The van der Waals surface area contributed by atoms with Crippen molar-refractivity contribution in [2.24, 2.45) is 0 Å². The maximum Gasteiger partial charge on any atom is 0.273 e. The van der Waals surface area contributed by atoms with Gasteiger partial charge in [0.15, 0.2) is 11.5 Å². The van der Waals surface area contributed by atoms with Gasteiger partial charge in [-0.3, -0.25) is 4.79 Å². The van der Waals surface area contributed by atoms with E-state index in [0.29, 0.717) is 11.7 Å². The van der Waals surface area contributed by atoms with Gasteiger partial charge in [0.25, 0.3) is 5.91 Å². The highest BCUT2D eigenvalue weighted by molar-refractivity contribution is 7.13. The normalized spacial score (nSPS) is 19.9. The first-order valence-electron chi connectivity index (χ1n) is 7.59. The van der Waals surface area contributed by atoms with Crippen LogP contribution in [0.2, 0.25) is 0 Å². The molecule has 1 aromatic heterocycles. The molecule has 1 aromatic carbocycles. The summed E-state index contributed by atoms with van der Waals surface area (Å²) >= 11 is 1.47. The number of thiazole rings is 1. The zero-order chi connectivity index (χ0) is 15.8. The quantitative estimate of drug-likeness (QED) is 0.911. The van der Waals surface area contributed by atoms with Crippen molar-refractivity contribution in [3.8, 4) is 22.1 Å². The third-order valence-corrected chi connectivity index (χ3v) is 4.89. The Balaban J connectivity index is 1.55. The van der Waals surface area contributed by atoms with Gasteiger partial charge in [0, 0.05) is 36.6 Å². The molecule has 0 aliphatic carbocycles. The lowest BCUT2D eigenvalue weighted by Gasteiger charge is -2.31. The largest absolute Gasteiger partial charge is 0.454 e. The molecule has 1 atom stereocenters. The molecule has 3 heterocycles. The molecule has 23 heavy (non-hydrogen) atoms. The monoisotopic (exact) mass is 331 g/mol. The smallest absolute Gasteiger partial charge is 0.273 e. The Labute approximate surface area is 138 Å². The number of amides is 1. The van der Waals surface area contributed by atoms with Crippen LogP contribution in [-0.4, -0.2) is 48.3 Å². The summed E-state index contributed by atoms with van der Waals surface area (Å²) in [6.45, 7) is 4.60. The molecule has 4 rings (SSSR count). The second kappa shape index (κ2) is 5.82. The van der Waals surface area contributed by atoms with Crippen molar-refractivity contribution >= 4 is 17.2 Å². The Morgan fingerprint density at radius 1 is 1.39 bits per heavy atom. The number of rotatable bonds is 2. The van der Waals surface area contributed by atoms with Gasteiger partial charge in [-0.15, -0.1) is 11.3 Å². The molecule has 0 bridgehead atoms. The minimum atomic E-state index is 0.00148. The predicted molar refractivity (Wildman–Crippen MR) is 87.0 cm³/mol. The molecule has 1 N–H and O–H groups in total. The first kappa shape index (κ1) is 14.5. The van der Waals surface area contributed by atoms with Crippen molar-refractivity contribution in [2.45, 2.75) is 13.0 Å². The second-order valence-corrected chi connectivity index (χ2v) is 6.57. The Bertz CT molecular complexity index is 746. The van der Waals surface area contributed by atoms with Gasteiger partial charge < -0.3 is 19.7 Å². The fourth-order valence-corrected chi connectivity index (χ4v) is 3.60. The molecule has 7 heteroatoms. The highest BCUT2D eigenvalue weighted by atomic mass is 32.1. The lowest BCUT2D eigenvalue weighted by atomic mass is 10.2. The lowest BCUT2D eigenvalue weighted by Crippen LogP contribution is -2.51. The summed E-state index contributed by atoms with van der Waals surface area (Å²) in [5, 5.41) is 5.98. The number of carbonyl (C=O) groups is 1. The molecule has 2 aliphatic rings. The van der Waals surface area contributed by atoms with Crippen LogP contribution >= 0.6 is 11.3 Å². The van der Waals surface area contributed by atoms with E-state index in [4.69, 9.17) is 9.47 Å². The summed E-state index contributed by atoms with van der Waals surface area (Å²) in [7, 11) is 0. The molecule has 0 radical (unpaired) electrons. The van der Waals surface area contributed by atoms with E-state index in [1.54, 1.807) is 0 Å². The van der Waals surface area contributed by atoms with Crippen LogP contribution in [-0.2, 0) is 0 Å². The van der Waals surface area contributed by atoms with Crippen molar-refractivity contribution < 1.29 is 14.3 Å². The van der Waals surface area contributed by atoms with E-state index in [9.17, 15) is 4.79 Å². The molecule has 1 fully saturated rings. The van der Waals surface area contributed by atoms with Crippen LogP contribution in [0.4, 0.5) is 0 Å². The number of nitrogens with zero attached hydrogens (tertiary/aromatic N) is 2. The van der Waals surface area contributed by atoms with Crippen LogP contribution in [0.1, 0.15) is 17.4 Å². The summed E-state index contributed by atoms with van der Waals surface area (Å²) in [5.41, 5.74) is 1.45. The zero-order valence-electron chi connectivity index (χ0n) is 12.7. The SMILES string of the molecule is CC1CN(C(=O)c2csc(-c3ccc4c(c3)OCO4)n2)CCN1. The van der Waals surface area contributed by atoms with E-state index < -0.39 is 0 Å². The Kier molecular flexibility index (Phi) is 3.66. The van der Waals surface area contributed by atoms with Crippen molar-refractivity contribution in [3.63, 3.8) is 0 Å². The van der Waals surface area contributed by atoms with Crippen molar-refractivity contribution in [3.05, 3.63) is 29.3 Å². The Morgan fingerprint density at radius 3 is 3.13 bits per heavy atom. The van der Waals surface area contributed by atoms with Crippen LogP contribution in [0, 0.1) is 0 Å². The van der Waals surface area contributed by atoms with Gasteiger partial charge in [-0.1, -0.05) is 0 Å². The van der Waals surface area contributed by atoms with Gasteiger partial charge in [0.1, 0.15) is 10.7 Å². The first-order valence-corrected chi connectivity index (χ1v) is 8.47. The maximum atomic E-state index is 12.6. The number of carbonyl (C=O) groups excluding carboxylic acids is 1. The third kappa shape index (κ3) is 2.77. The molecule has 6 nitrogen and oxygen atoms in total.